The van der Waals surface area contributed by atoms with Crippen molar-refractivity contribution in [2.75, 3.05) is 12.5 Å². The Bertz CT molecular complexity index is 246. The lowest BCUT2D eigenvalue weighted by Gasteiger charge is -2.35. The fourth-order valence-electron chi connectivity index (χ4n) is 2.39. The number of allylic oxidation sites excluding steroid dienone is 1. The molecule has 0 amide bonds. The summed E-state index contributed by atoms with van der Waals surface area (Å²) in [5.41, 5.74) is -0.163. The number of halogens is 2. The van der Waals surface area contributed by atoms with Crippen molar-refractivity contribution in [2.45, 2.75) is 29.0 Å². The largest absolute Gasteiger partial charge is 0.395 e. The van der Waals surface area contributed by atoms with Crippen LogP contribution in [0.3, 0.4) is 0 Å². The SMILES string of the molecule is OC[C@@]12C=CC[C@@H](I)[C@@H]1O[C@@H](CCl)C2. The van der Waals surface area contributed by atoms with Crippen LogP contribution in [-0.4, -0.2) is 33.7 Å². The first-order valence-corrected chi connectivity index (χ1v) is 6.64. The smallest absolute Gasteiger partial charge is 0.0813 e. The molecule has 1 aliphatic carbocycles. The van der Waals surface area contributed by atoms with Gasteiger partial charge in [-0.05, 0) is 12.8 Å². The molecule has 0 aromatic heterocycles. The number of hydrogen-bond donors (Lipinski definition) is 1. The van der Waals surface area contributed by atoms with Gasteiger partial charge in [0.05, 0.1) is 18.8 Å². The van der Waals surface area contributed by atoms with Crippen LogP contribution in [-0.2, 0) is 4.74 Å². The molecular formula is C10H14ClIO2. The summed E-state index contributed by atoms with van der Waals surface area (Å²) < 4.78 is 6.33. The van der Waals surface area contributed by atoms with Crippen molar-refractivity contribution in [1.29, 1.82) is 0 Å². The van der Waals surface area contributed by atoms with Gasteiger partial charge in [0, 0.05) is 15.2 Å². The molecule has 0 aromatic carbocycles. The maximum absolute atomic E-state index is 9.51. The number of hydrogen-bond acceptors (Lipinski definition) is 2. The molecule has 0 saturated carbocycles. The molecule has 2 aliphatic rings. The van der Waals surface area contributed by atoms with E-state index in [0.717, 1.165) is 12.8 Å². The van der Waals surface area contributed by atoms with Crippen LogP contribution in [0.15, 0.2) is 12.2 Å². The van der Waals surface area contributed by atoms with E-state index in [0.29, 0.717) is 9.80 Å². The Labute approximate surface area is 103 Å². The molecule has 1 saturated heterocycles. The van der Waals surface area contributed by atoms with Gasteiger partial charge in [-0.25, -0.2) is 0 Å². The van der Waals surface area contributed by atoms with Crippen LogP contribution in [0.2, 0.25) is 0 Å². The molecule has 0 bridgehead atoms. The molecule has 4 atom stereocenters. The molecule has 0 unspecified atom stereocenters. The van der Waals surface area contributed by atoms with Gasteiger partial charge in [0.25, 0.3) is 0 Å². The van der Waals surface area contributed by atoms with E-state index in [4.69, 9.17) is 16.3 Å². The van der Waals surface area contributed by atoms with Crippen LogP contribution < -0.4 is 0 Å². The molecular weight excluding hydrogens is 314 g/mol. The first kappa shape index (κ1) is 11.2. The topological polar surface area (TPSA) is 29.5 Å². The molecule has 0 spiro atoms. The van der Waals surface area contributed by atoms with Crippen molar-refractivity contribution < 1.29 is 9.84 Å². The second kappa shape index (κ2) is 4.28. The lowest BCUT2D eigenvalue weighted by atomic mass is 9.76. The Morgan fingerprint density at radius 2 is 2.43 bits per heavy atom. The summed E-state index contributed by atoms with van der Waals surface area (Å²) in [5, 5.41) is 9.51. The quantitative estimate of drug-likeness (QED) is 0.478. The van der Waals surface area contributed by atoms with Crippen molar-refractivity contribution in [1.82, 2.24) is 0 Å². The Kier molecular flexibility index (Phi) is 3.41. The lowest BCUT2D eigenvalue weighted by Crippen LogP contribution is -2.41. The number of aliphatic hydroxyl groups excluding tert-OH is 1. The van der Waals surface area contributed by atoms with Gasteiger partial charge in [-0.3, -0.25) is 0 Å². The summed E-state index contributed by atoms with van der Waals surface area (Å²) >= 11 is 8.21. The van der Waals surface area contributed by atoms with Gasteiger partial charge < -0.3 is 9.84 Å². The Morgan fingerprint density at radius 1 is 1.64 bits per heavy atom. The molecule has 80 valence electrons. The average molecular weight is 329 g/mol. The van der Waals surface area contributed by atoms with Crippen molar-refractivity contribution in [3.8, 4) is 0 Å². The Morgan fingerprint density at radius 3 is 3.00 bits per heavy atom. The van der Waals surface area contributed by atoms with E-state index in [-0.39, 0.29) is 24.2 Å². The van der Waals surface area contributed by atoms with Crippen LogP contribution >= 0.6 is 34.2 Å². The zero-order chi connectivity index (χ0) is 10.2. The summed E-state index contributed by atoms with van der Waals surface area (Å²) in [4.78, 5) is 0. The molecule has 1 heterocycles. The summed E-state index contributed by atoms with van der Waals surface area (Å²) in [5.74, 6) is 0.523. The molecule has 0 radical (unpaired) electrons. The van der Waals surface area contributed by atoms with Gasteiger partial charge in [-0.15, -0.1) is 11.6 Å². The average Bonchev–Trinajstić information content (AvgIpc) is 2.59. The minimum absolute atomic E-state index is 0.105. The van der Waals surface area contributed by atoms with E-state index in [1.807, 2.05) is 0 Å². The Balaban J connectivity index is 2.23. The third kappa shape index (κ3) is 1.72. The van der Waals surface area contributed by atoms with Gasteiger partial charge >= 0.3 is 0 Å². The fourth-order valence-corrected chi connectivity index (χ4v) is 3.75. The van der Waals surface area contributed by atoms with Gasteiger partial charge in [-0.1, -0.05) is 34.7 Å². The van der Waals surface area contributed by atoms with Crippen molar-refractivity contribution in [2.24, 2.45) is 5.41 Å². The van der Waals surface area contributed by atoms with Crippen molar-refractivity contribution >= 4 is 34.2 Å². The van der Waals surface area contributed by atoms with Crippen molar-refractivity contribution in [3.63, 3.8) is 0 Å². The zero-order valence-electron chi connectivity index (χ0n) is 7.83. The number of aliphatic hydroxyl groups is 1. The highest BCUT2D eigenvalue weighted by atomic mass is 127. The summed E-state index contributed by atoms with van der Waals surface area (Å²) in [7, 11) is 0. The monoisotopic (exact) mass is 328 g/mol. The molecule has 1 N–H and O–H groups in total. The highest BCUT2D eigenvalue weighted by Gasteiger charge is 2.50. The predicted molar refractivity (Wildman–Crippen MR) is 65.1 cm³/mol. The van der Waals surface area contributed by atoms with E-state index < -0.39 is 0 Å². The van der Waals surface area contributed by atoms with Gasteiger partial charge in [0.2, 0.25) is 0 Å². The third-order valence-electron chi connectivity index (χ3n) is 3.12. The number of rotatable bonds is 2. The second-order valence-electron chi connectivity index (χ2n) is 4.08. The molecule has 14 heavy (non-hydrogen) atoms. The van der Waals surface area contributed by atoms with E-state index in [1.165, 1.54) is 0 Å². The number of fused-ring (bicyclic) bond motifs is 1. The molecule has 1 aliphatic heterocycles. The van der Waals surface area contributed by atoms with Gasteiger partial charge in [-0.2, -0.15) is 0 Å². The minimum atomic E-state index is -0.163. The minimum Gasteiger partial charge on any atom is -0.395 e. The van der Waals surface area contributed by atoms with Gasteiger partial charge in [0.1, 0.15) is 0 Å². The van der Waals surface area contributed by atoms with Crippen LogP contribution in [0.1, 0.15) is 12.8 Å². The maximum Gasteiger partial charge on any atom is 0.0813 e. The van der Waals surface area contributed by atoms with Crippen molar-refractivity contribution in [3.05, 3.63) is 12.2 Å². The van der Waals surface area contributed by atoms with Crippen LogP contribution in [0, 0.1) is 5.41 Å². The first-order chi connectivity index (χ1) is 6.72. The standard InChI is InChI=1S/C10H14ClIO2/c11-5-7-4-10(6-13)3-1-2-8(12)9(10)14-7/h1,3,7-9,13H,2,4-6H2/t7-,8-,9+,10+/m1/s1. The maximum atomic E-state index is 9.51. The summed E-state index contributed by atoms with van der Waals surface area (Å²) in [6.45, 7) is 0.168. The highest BCUT2D eigenvalue weighted by molar-refractivity contribution is 14.1. The van der Waals surface area contributed by atoms with E-state index >= 15 is 0 Å². The fraction of sp³-hybridized carbons (Fsp3) is 0.800. The molecule has 4 heteroatoms. The molecule has 0 aromatic rings. The normalized spacial score (nSPS) is 46.6. The van der Waals surface area contributed by atoms with Gasteiger partial charge in [0.15, 0.2) is 0 Å². The van der Waals surface area contributed by atoms with Crippen LogP contribution in [0.25, 0.3) is 0 Å². The number of alkyl halides is 2. The third-order valence-corrected chi connectivity index (χ3v) is 4.63. The molecule has 2 nitrogen and oxygen atoms in total. The van der Waals surface area contributed by atoms with Crippen LogP contribution in [0.4, 0.5) is 0 Å². The van der Waals surface area contributed by atoms with E-state index in [1.54, 1.807) is 0 Å². The second-order valence-corrected chi connectivity index (χ2v) is 5.99. The molecule has 1 fully saturated rings. The Hall–Kier alpha value is 0.680. The van der Waals surface area contributed by atoms with E-state index in [2.05, 4.69) is 34.7 Å². The van der Waals surface area contributed by atoms with E-state index in [9.17, 15) is 5.11 Å². The number of ether oxygens (including phenoxy) is 1. The summed E-state index contributed by atoms with van der Waals surface area (Å²) in [6, 6.07) is 0. The van der Waals surface area contributed by atoms with Crippen LogP contribution in [0.5, 0.6) is 0 Å². The lowest BCUT2D eigenvalue weighted by molar-refractivity contribution is 0.0141. The predicted octanol–water partition coefficient (Wildman–Crippen LogP) is 2.12. The first-order valence-electron chi connectivity index (χ1n) is 4.86. The highest BCUT2D eigenvalue weighted by Crippen LogP contribution is 2.46. The molecule has 2 rings (SSSR count). The zero-order valence-corrected chi connectivity index (χ0v) is 10.7. The summed E-state index contributed by atoms with van der Waals surface area (Å²) in [6.07, 6.45) is 6.41.